The highest BCUT2D eigenvalue weighted by molar-refractivity contribution is 7.91. The molecule has 10 heteroatoms. The van der Waals surface area contributed by atoms with Crippen molar-refractivity contribution in [2.75, 3.05) is 0 Å². The molecule has 3 aromatic rings. The Balaban J connectivity index is 1.73. The Morgan fingerprint density at radius 2 is 1.76 bits per heavy atom. The van der Waals surface area contributed by atoms with Crippen LogP contribution in [0.1, 0.15) is 44.2 Å². The highest BCUT2D eigenvalue weighted by Gasteiger charge is 2.32. The Bertz CT molecular complexity index is 1290. The van der Waals surface area contributed by atoms with E-state index in [2.05, 4.69) is 5.10 Å². The minimum absolute atomic E-state index is 0.154. The van der Waals surface area contributed by atoms with E-state index in [9.17, 15) is 23.3 Å². The number of nitrogens with zero attached hydrogens (tertiary/aromatic N) is 3. The van der Waals surface area contributed by atoms with Gasteiger partial charge in [0.05, 0.1) is 21.2 Å². The second-order valence-electron chi connectivity index (χ2n) is 8.38. The van der Waals surface area contributed by atoms with Gasteiger partial charge < -0.3 is 4.74 Å². The van der Waals surface area contributed by atoms with Gasteiger partial charge in [0.15, 0.2) is 4.90 Å². The Kier molecular flexibility index (Phi) is 6.78. The van der Waals surface area contributed by atoms with Crippen molar-refractivity contribution in [1.82, 2.24) is 9.78 Å². The van der Waals surface area contributed by atoms with Crippen molar-refractivity contribution in [3.05, 3.63) is 70.4 Å². The molecule has 1 aliphatic rings. The normalized spacial score (nSPS) is 14.3. The first-order chi connectivity index (χ1) is 16.3. The van der Waals surface area contributed by atoms with Gasteiger partial charge in [0.2, 0.25) is 15.7 Å². The number of ether oxygens (including phenoxy) is 1. The lowest BCUT2D eigenvalue weighted by atomic mass is 10.0. The minimum Gasteiger partial charge on any atom is -0.406 e. The van der Waals surface area contributed by atoms with Crippen molar-refractivity contribution in [3.8, 4) is 11.6 Å². The average molecular weight is 484 g/mol. The molecule has 0 bridgehead atoms. The van der Waals surface area contributed by atoms with Gasteiger partial charge in [-0.1, -0.05) is 43.9 Å². The number of aromatic nitrogens is 2. The fraction of sp³-hybridized carbons (Fsp3) is 0.333. The third-order valence-electron chi connectivity index (χ3n) is 6.03. The number of hydrogen-bond donors (Lipinski definition) is 0. The quantitative estimate of drug-likeness (QED) is 0.256. The molecule has 0 aliphatic heterocycles. The van der Waals surface area contributed by atoms with Crippen LogP contribution in [-0.2, 0) is 14.6 Å². The zero-order chi connectivity index (χ0) is 24.3. The van der Waals surface area contributed by atoms with Crippen molar-refractivity contribution in [3.63, 3.8) is 0 Å². The number of carbonyl (C=O) groups excluding carboxylic acids is 1. The van der Waals surface area contributed by atoms with E-state index in [0.29, 0.717) is 18.0 Å². The van der Waals surface area contributed by atoms with Crippen molar-refractivity contribution in [2.45, 2.75) is 55.2 Å². The monoisotopic (exact) mass is 483 g/mol. The summed E-state index contributed by atoms with van der Waals surface area (Å²) in [7, 11) is -4.19. The van der Waals surface area contributed by atoms with Crippen LogP contribution in [0.2, 0.25) is 0 Å². The summed E-state index contributed by atoms with van der Waals surface area (Å²) in [5.41, 5.74) is 0.462. The lowest BCUT2D eigenvalue weighted by Crippen LogP contribution is -2.15. The van der Waals surface area contributed by atoms with Gasteiger partial charge in [-0.05, 0) is 43.5 Å². The number of sulfone groups is 1. The van der Waals surface area contributed by atoms with Crippen molar-refractivity contribution in [1.29, 1.82) is 0 Å². The SMILES string of the molecule is Cc1nn(-c2ccccc2)c(OC(=O)CCC2CCCC2)c1S(=O)(=O)c1ccc([N+](=O)[O-])cc1. The molecule has 2 aromatic carbocycles. The molecule has 0 N–H and O–H groups in total. The summed E-state index contributed by atoms with van der Waals surface area (Å²) >= 11 is 0. The van der Waals surface area contributed by atoms with Crippen LogP contribution in [0.3, 0.4) is 0 Å². The fourth-order valence-electron chi connectivity index (χ4n) is 4.28. The summed E-state index contributed by atoms with van der Waals surface area (Å²) in [4.78, 5) is 22.7. The van der Waals surface area contributed by atoms with E-state index in [4.69, 9.17) is 4.74 Å². The van der Waals surface area contributed by atoms with Gasteiger partial charge >= 0.3 is 5.97 Å². The van der Waals surface area contributed by atoms with Gasteiger partial charge in [0, 0.05) is 18.6 Å². The molecular formula is C24H25N3O6S. The van der Waals surface area contributed by atoms with Crippen molar-refractivity contribution < 1.29 is 22.9 Å². The van der Waals surface area contributed by atoms with Gasteiger partial charge in [-0.2, -0.15) is 9.78 Å². The molecule has 4 rings (SSSR count). The van der Waals surface area contributed by atoms with E-state index in [-0.39, 0.29) is 33.5 Å². The molecule has 0 radical (unpaired) electrons. The number of nitro groups is 1. The van der Waals surface area contributed by atoms with Gasteiger partial charge in [0.25, 0.3) is 5.69 Å². The van der Waals surface area contributed by atoms with Crippen molar-refractivity contribution >= 4 is 21.5 Å². The van der Waals surface area contributed by atoms with Crippen molar-refractivity contribution in [2.24, 2.45) is 5.92 Å². The van der Waals surface area contributed by atoms with Crippen LogP contribution in [0.5, 0.6) is 5.88 Å². The molecule has 9 nitrogen and oxygen atoms in total. The number of hydrogen-bond acceptors (Lipinski definition) is 7. The molecule has 1 fully saturated rings. The van der Waals surface area contributed by atoms with Crippen LogP contribution >= 0.6 is 0 Å². The molecule has 1 aromatic heterocycles. The van der Waals surface area contributed by atoms with E-state index < -0.39 is 20.7 Å². The summed E-state index contributed by atoms with van der Waals surface area (Å²) < 4.78 is 34.0. The number of benzene rings is 2. The predicted molar refractivity (Wildman–Crippen MR) is 124 cm³/mol. The highest BCUT2D eigenvalue weighted by atomic mass is 32.2. The van der Waals surface area contributed by atoms with E-state index in [1.54, 1.807) is 24.3 Å². The summed E-state index contributed by atoms with van der Waals surface area (Å²) in [5, 5.41) is 15.3. The maximum atomic E-state index is 13.5. The van der Waals surface area contributed by atoms with E-state index >= 15 is 0 Å². The van der Waals surface area contributed by atoms with E-state index in [1.165, 1.54) is 23.7 Å². The van der Waals surface area contributed by atoms with Crippen LogP contribution in [0.25, 0.3) is 5.69 Å². The zero-order valence-corrected chi connectivity index (χ0v) is 19.5. The van der Waals surface area contributed by atoms with Crippen LogP contribution < -0.4 is 4.74 Å². The summed E-state index contributed by atoms with van der Waals surface area (Å²) in [6.07, 6.45) is 5.39. The average Bonchev–Trinajstić information content (AvgIpc) is 3.46. The van der Waals surface area contributed by atoms with Gasteiger partial charge in [0.1, 0.15) is 0 Å². The first kappa shape index (κ1) is 23.6. The molecule has 34 heavy (non-hydrogen) atoms. The largest absolute Gasteiger partial charge is 0.406 e. The second-order valence-corrected chi connectivity index (χ2v) is 10.3. The maximum Gasteiger partial charge on any atom is 0.312 e. The maximum absolute atomic E-state index is 13.5. The molecule has 0 atom stereocenters. The summed E-state index contributed by atoms with van der Waals surface area (Å²) in [5.74, 6) is -0.223. The molecule has 0 amide bonds. The van der Waals surface area contributed by atoms with Crippen LogP contribution in [0.15, 0.2) is 64.4 Å². The van der Waals surface area contributed by atoms with Gasteiger partial charge in [-0.3, -0.25) is 14.9 Å². The molecular weight excluding hydrogens is 458 g/mol. The standard InChI is InChI=1S/C24H25N3O6S/c1-17-23(34(31,32)21-14-12-20(13-15-21)27(29)30)24(26(25-17)19-9-3-2-4-10-19)33-22(28)16-11-18-7-5-6-8-18/h2-4,9-10,12-15,18H,5-8,11,16H2,1H3. The second kappa shape index (κ2) is 9.76. The van der Waals surface area contributed by atoms with Gasteiger partial charge in [-0.25, -0.2) is 8.42 Å². The van der Waals surface area contributed by atoms with E-state index in [0.717, 1.165) is 37.8 Å². The molecule has 0 spiro atoms. The first-order valence-electron chi connectivity index (χ1n) is 11.1. The fourth-order valence-corrected chi connectivity index (χ4v) is 5.80. The molecule has 178 valence electrons. The topological polar surface area (TPSA) is 121 Å². The highest BCUT2D eigenvalue weighted by Crippen LogP contribution is 2.35. The third-order valence-corrected chi connectivity index (χ3v) is 7.93. The van der Waals surface area contributed by atoms with Gasteiger partial charge in [-0.15, -0.1) is 0 Å². The number of non-ortho nitro benzene ring substituents is 1. The molecule has 1 aliphatic carbocycles. The van der Waals surface area contributed by atoms with E-state index in [1.807, 2.05) is 6.07 Å². The smallest absolute Gasteiger partial charge is 0.312 e. The lowest BCUT2D eigenvalue weighted by molar-refractivity contribution is -0.384. The molecule has 1 saturated carbocycles. The number of para-hydroxylation sites is 1. The third kappa shape index (κ3) is 4.86. The van der Waals surface area contributed by atoms with Crippen LogP contribution in [-0.4, -0.2) is 29.1 Å². The number of nitro benzene ring substituents is 1. The Labute approximate surface area is 197 Å². The Morgan fingerprint density at radius 1 is 1.12 bits per heavy atom. The molecule has 1 heterocycles. The molecule has 0 saturated heterocycles. The summed E-state index contributed by atoms with van der Waals surface area (Å²) in [6, 6.07) is 13.4. The number of carbonyl (C=O) groups is 1. The number of aryl methyl sites for hydroxylation is 1. The van der Waals surface area contributed by atoms with Crippen LogP contribution in [0, 0.1) is 23.0 Å². The predicted octanol–water partition coefficient (Wildman–Crippen LogP) is 4.80. The lowest BCUT2D eigenvalue weighted by Gasteiger charge is -2.12. The first-order valence-corrected chi connectivity index (χ1v) is 12.6. The Morgan fingerprint density at radius 3 is 2.38 bits per heavy atom. The molecule has 0 unspecified atom stereocenters. The number of rotatable bonds is 8. The minimum atomic E-state index is -4.19. The summed E-state index contributed by atoms with van der Waals surface area (Å²) in [6.45, 7) is 1.52. The Hall–Kier alpha value is -3.53. The number of esters is 1. The zero-order valence-electron chi connectivity index (χ0n) is 18.7. The van der Waals surface area contributed by atoms with Crippen LogP contribution in [0.4, 0.5) is 5.69 Å².